The first kappa shape index (κ1) is 15.1. The summed E-state index contributed by atoms with van der Waals surface area (Å²) in [5, 5.41) is 8.73. The van der Waals surface area contributed by atoms with Crippen LogP contribution in [0.1, 0.15) is 11.3 Å². The molecule has 0 unspecified atom stereocenters. The highest BCUT2D eigenvalue weighted by atomic mass is 32.1. The third-order valence-corrected chi connectivity index (χ3v) is 3.49. The summed E-state index contributed by atoms with van der Waals surface area (Å²) in [4.78, 5) is 4.51. The number of fused-ring (bicyclic) bond motifs is 1. The van der Waals surface area contributed by atoms with E-state index >= 15 is 0 Å². The molecule has 0 aliphatic heterocycles. The smallest absolute Gasteiger partial charge is 0.191 e. The van der Waals surface area contributed by atoms with Gasteiger partial charge in [0.25, 0.3) is 0 Å². The lowest BCUT2D eigenvalue weighted by molar-refractivity contribution is 1.05. The van der Waals surface area contributed by atoms with Gasteiger partial charge >= 0.3 is 0 Å². The fraction of sp³-hybridized carbons (Fsp3) is 0.0556. The van der Waals surface area contributed by atoms with Gasteiger partial charge in [0, 0.05) is 11.1 Å². The molecule has 1 heterocycles. The third-order valence-electron chi connectivity index (χ3n) is 3.29. The summed E-state index contributed by atoms with van der Waals surface area (Å²) in [6.07, 6.45) is 1.65. The van der Waals surface area contributed by atoms with Crippen molar-refractivity contribution in [3.63, 3.8) is 0 Å². The number of hydrazone groups is 1. The summed E-state index contributed by atoms with van der Waals surface area (Å²) in [6.45, 7) is 2.04. The summed E-state index contributed by atoms with van der Waals surface area (Å²) < 4.78 is 0. The Bertz CT molecular complexity index is 856. The van der Waals surface area contributed by atoms with E-state index in [1.165, 1.54) is 5.56 Å². The standard InChI is InChI=1S/C18H16N4S/c1-13-6-9-15(10-7-13)21-18(23)22-19-12-16-11-8-14-4-2-3-5-17(14)20-16/h2-12H,1H3,(H2,21,22,23)/b19-12+. The van der Waals surface area contributed by atoms with Crippen molar-refractivity contribution < 1.29 is 0 Å². The molecule has 2 N–H and O–H groups in total. The Kier molecular flexibility index (Phi) is 4.59. The summed E-state index contributed by atoms with van der Waals surface area (Å²) in [7, 11) is 0. The molecule has 0 saturated heterocycles. The second-order valence-corrected chi connectivity index (χ2v) is 5.53. The molecule has 4 nitrogen and oxygen atoms in total. The molecule has 0 bridgehead atoms. The SMILES string of the molecule is Cc1ccc(NC(=S)N/N=C/c2ccc3ccccc3n2)cc1. The minimum atomic E-state index is 0.436. The maximum absolute atomic E-state index is 5.20. The van der Waals surface area contributed by atoms with Crippen LogP contribution < -0.4 is 10.7 Å². The van der Waals surface area contributed by atoms with Gasteiger partial charge in [0.05, 0.1) is 17.4 Å². The van der Waals surface area contributed by atoms with E-state index in [2.05, 4.69) is 20.8 Å². The highest BCUT2D eigenvalue weighted by Crippen LogP contribution is 2.11. The third kappa shape index (κ3) is 4.11. The topological polar surface area (TPSA) is 49.3 Å². The van der Waals surface area contributed by atoms with E-state index in [0.717, 1.165) is 22.3 Å². The van der Waals surface area contributed by atoms with Crippen LogP contribution in [0.15, 0.2) is 65.8 Å². The molecule has 0 fully saturated rings. The molecule has 0 radical (unpaired) electrons. The van der Waals surface area contributed by atoms with Gasteiger partial charge in [-0.2, -0.15) is 5.10 Å². The van der Waals surface area contributed by atoms with Crippen molar-refractivity contribution in [1.29, 1.82) is 0 Å². The molecule has 5 heteroatoms. The van der Waals surface area contributed by atoms with E-state index in [1.807, 2.05) is 67.6 Å². The maximum atomic E-state index is 5.20. The van der Waals surface area contributed by atoms with Crippen LogP contribution >= 0.6 is 12.2 Å². The molecule has 0 spiro atoms. The minimum Gasteiger partial charge on any atom is -0.331 e. The number of rotatable bonds is 3. The first-order valence-corrected chi connectivity index (χ1v) is 7.64. The number of aromatic nitrogens is 1. The number of aryl methyl sites for hydroxylation is 1. The zero-order valence-corrected chi connectivity index (χ0v) is 13.5. The van der Waals surface area contributed by atoms with Crippen molar-refractivity contribution in [2.45, 2.75) is 6.92 Å². The summed E-state index contributed by atoms with van der Waals surface area (Å²) >= 11 is 5.20. The Labute approximate surface area is 140 Å². The quantitative estimate of drug-likeness (QED) is 0.437. The fourth-order valence-electron chi connectivity index (χ4n) is 2.11. The predicted molar refractivity (Wildman–Crippen MR) is 99.9 cm³/mol. The molecular weight excluding hydrogens is 304 g/mol. The number of thiocarbonyl (C=S) groups is 1. The number of benzene rings is 2. The summed E-state index contributed by atoms with van der Waals surface area (Å²) in [6, 6.07) is 19.9. The number of nitrogens with one attached hydrogen (secondary N) is 2. The van der Waals surface area contributed by atoms with Crippen molar-refractivity contribution in [1.82, 2.24) is 10.4 Å². The fourth-order valence-corrected chi connectivity index (χ4v) is 2.28. The van der Waals surface area contributed by atoms with Gasteiger partial charge < -0.3 is 5.32 Å². The second kappa shape index (κ2) is 6.98. The van der Waals surface area contributed by atoms with Crippen LogP contribution in [0, 0.1) is 6.92 Å². The van der Waals surface area contributed by atoms with Crippen LogP contribution in [0.25, 0.3) is 10.9 Å². The molecule has 2 aromatic carbocycles. The molecule has 0 amide bonds. The number of hydrogen-bond donors (Lipinski definition) is 2. The first-order valence-electron chi connectivity index (χ1n) is 7.23. The molecule has 0 saturated carbocycles. The first-order chi connectivity index (χ1) is 11.2. The van der Waals surface area contributed by atoms with Crippen LogP contribution in [-0.4, -0.2) is 16.3 Å². The van der Waals surface area contributed by atoms with E-state index in [9.17, 15) is 0 Å². The van der Waals surface area contributed by atoms with E-state index in [1.54, 1.807) is 6.21 Å². The van der Waals surface area contributed by atoms with Gasteiger partial charge in [0.1, 0.15) is 0 Å². The van der Waals surface area contributed by atoms with Crippen molar-refractivity contribution in [3.05, 3.63) is 71.9 Å². The Balaban J connectivity index is 1.60. The molecule has 23 heavy (non-hydrogen) atoms. The molecule has 0 atom stereocenters. The van der Waals surface area contributed by atoms with Gasteiger partial charge in [0.2, 0.25) is 0 Å². The number of nitrogens with zero attached hydrogens (tertiary/aromatic N) is 2. The van der Waals surface area contributed by atoms with Gasteiger partial charge in [0.15, 0.2) is 5.11 Å². The van der Waals surface area contributed by atoms with E-state index < -0.39 is 0 Å². The number of hydrogen-bond acceptors (Lipinski definition) is 3. The molecule has 114 valence electrons. The highest BCUT2D eigenvalue weighted by molar-refractivity contribution is 7.80. The average molecular weight is 320 g/mol. The van der Waals surface area contributed by atoms with Crippen LogP contribution in [-0.2, 0) is 0 Å². The number of anilines is 1. The van der Waals surface area contributed by atoms with Gasteiger partial charge in [-0.15, -0.1) is 0 Å². The van der Waals surface area contributed by atoms with Crippen LogP contribution in [0.3, 0.4) is 0 Å². The number of pyridine rings is 1. The Morgan fingerprint density at radius 1 is 1.04 bits per heavy atom. The molecule has 3 rings (SSSR count). The predicted octanol–water partition coefficient (Wildman–Crippen LogP) is 3.86. The second-order valence-electron chi connectivity index (χ2n) is 5.12. The normalized spacial score (nSPS) is 10.8. The van der Waals surface area contributed by atoms with Crippen molar-refractivity contribution >= 4 is 40.1 Å². The summed E-state index contributed by atoms with van der Waals surface area (Å²) in [5.74, 6) is 0. The Morgan fingerprint density at radius 2 is 1.83 bits per heavy atom. The highest BCUT2D eigenvalue weighted by Gasteiger charge is 1.97. The van der Waals surface area contributed by atoms with E-state index in [0.29, 0.717) is 5.11 Å². The van der Waals surface area contributed by atoms with Crippen LogP contribution in [0.2, 0.25) is 0 Å². The zero-order chi connectivity index (χ0) is 16.1. The monoisotopic (exact) mass is 320 g/mol. The maximum Gasteiger partial charge on any atom is 0.191 e. The average Bonchev–Trinajstić information content (AvgIpc) is 2.57. The minimum absolute atomic E-state index is 0.436. The molecule has 3 aromatic rings. The van der Waals surface area contributed by atoms with E-state index in [4.69, 9.17) is 12.2 Å². The van der Waals surface area contributed by atoms with E-state index in [-0.39, 0.29) is 0 Å². The number of para-hydroxylation sites is 1. The van der Waals surface area contributed by atoms with Crippen LogP contribution in [0.5, 0.6) is 0 Å². The van der Waals surface area contributed by atoms with Gasteiger partial charge in [-0.25, -0.2) is 4.98 Å². The van der Waals surface area contributed by atoms with Gasteiger partial charge in [-0.1, -0.05) is 42.0 Å². The molecule has 0 aliphatic rings. The van der Waals surface area contributed by atoms with Crippen molar-refractivity contribution in [2.24, 2.45) is 5.10 Å². The van der Waals surface area contributed by atoms with Crippen molar-refractivity contribution in [2.75, 3.05) is 5.32 Å². The lowest BCUT2D eigenvalue weighted by Crippen LogP contribution is -2.23. The van der Waals surface area contributed by atoms with Crippen LogP contribution in [0.4, 0.5) is 5.69 Å². The van der Waals surface area contributed by atoms with Gasteiger partial charge in [-0.3, -0.25) is 5.43 Å². The zero-order valence-electron chi connectivity index (χ0n) is 12.7. The molecule has 0 aliphatic carbocycles. The lowest BCUT2D eigenvalue weighted by Gasteiger charge is -2.06. The summed E-state index contributed by atoms with van der Waals surface area (Å²) in [5.41, 5.74) is 6.63. The largest absolute Gasteiger partial charge is 0.331 e. The molecule has 1 aromatic heterocycles. The van der Waals surface area contributed by atoms with Gasteiger partial charge in [-0.05, 0) is 43.4 Å². The Hall–Kier alpha value is -2.79. The lowest BCUT2D eigenvalue weighted by atomic mass is 10.2. The van der Waals surface area contributed by atoms with Crippen molar-refractivity contribution in [3.8, 4) is 0 Å². The Morgan fingerprint density at radius 3 is 2.65 bits per heavy atom. The molecular formula is C18H16N4S.